The zero-order valence-corrected chi connectivity index (χ0v) is 18.0. The van der Waals surface area contributed by atoms with Crippen LogP contribution in [0.1, 0.15) is 22.3 Å². The van der Waals surface area contributed by atoms with Gasteiger partial charge in [-0.2, -0.15) is 0 Å². The molecule has 3 aromatic carbocycles. The molecular formula is C27H22N2O4. The molecular weight excluding hydrogens is 416 g/mol. The highest BCUT2D eigenvalue weighted by atomic mass is 16.7. The number of fused-ring (bicyclic) bond motifs is 2. The van der Waals surface area contributed by atoms with Gasteiger partial charge in [0, 0.05) is 13.1 Å². The van der Waals surface area contributed by atoms with Gasteiger partial charge in [0.15, 0.2) is 11.5 Å². The number of carbonyl (C=O) groups is 2. The van der Waals surface area contributed by atoms with Crippen LogP contribution in [-0.2, 0) is 29.1 Å². The maximum absolute atomic E-state index is 13.7. The molecule has 3 aromatic rings. The fourth-order valence-corrected chi connectivity index (χ4v) is 4.77. The van der Waals surface area contributed by atoms with Gasteiger partial charge >= 0.3 is 0 Å². The van der Waals surface area contributed by atoms with E-state index in [9.17, 15) is 9.59 Å². The number of carbonyl (C=O) groups excluding carboxylic acids is 2. The van der Waals surface area contributed by atoms with Crippen molar-refractivity contribution in [1.29, 1.82) is 0 Å². The number of imide groups is 1. The van der Waals surface area contributed by atoms with Crippen molar-refractivity contribution in [2.24, 2.45) is 0 Å². The lowest BCUT2D eigenvalue weighted by atomic mass is 9.98. The Bertz CT molecular complexity index is 1300. The summed E-state index contributed by atoms with van der Waals surface area (Å²) in [5.41, 5.74) is 5.03. The Kier molecular flexibility index (Phi) is 4.64. The minimum Gasteiger partial charge on any atom is -0.454 e. The zero-order chi connectivity index (χ0) is 22.4. The largest absolute Gasteiger partial charge is 0.454 e. The number of hydrogen-bond donors (Lipinski definition) is 0. The third-order valence-corrected chi connectivity index (χ3v) is 6.43. The van der Waals surface area contributed by atoms with Crippen LogP contribution in [0.15, 0.2) is 78.5 Å². The Labute approximate surface area is 191 Å². The number of hydrogen-bond acceptors (Lipinski definition) is 5. The summed E-state index contributed by atoms with van der Waals surface area (Å²) in [6.45, 7) is 1.66. The Balaban J connectivity index is 1.37. The van der Waals surface area contributed by atoms with Gasteiger partial charge in [0.1, 0.15) is 5.70 Å². The number of ether oxygens (including phenoxy) is 2. The van der Waals surface area contributed by atoms with Crippen LogP contribution in [0.4, 0.5) is 0 Å². The maximum Gasteiger partial charge on any atom is 0.278 e. The Morgan fingerprint density at radius 2 is 1.55 bits per heavy atom. The van der Waals surface area contributed by atoms with Crippen LogP contribution in [0.2, 0.25) is 0 Å². The molecule has 6 nitrogen and oxygen atoms in total. The average Bonchev–Trinajstić information content (AvgIpc) is 3.42. The van der Waals surface area contributed by atoms with Gasteiger partial charge in [-0.1, -0.05) is 60.7 Å². The maximum atomic E-state index is 13.7. The molecule has 0 fully saturated rings. The Morgan fingerprint density at radius 1 is 0.788 bits per heavy atom. The molecule has 0 bridgehead atoms. The van der Waals surface area contributed by atoms with Crippen molar-refractivity contribution in [3.63, 3.8) is 0 Å². The molecule has 6 heteroatoms. The van der Waals surface area contributed by atoms with Crippen molar-refractivity contribution in [3.8, 4) is 11.5 Å². The third-order valence-electron chi connectivity index (χ3n) is 6.43. The topological polar surface area (TPSA) is 59.1 Å². The van der Waals surface area contributed by atoms with Crippen molar-refractivity contribution in [1.82, 2.24) is 9.80 Å². The monoisotopic (exact) mass is 438 g/mol. The number of amides is 2. The Hall–Kier alpha value is -4.06. The average molecular weight is 438 g/mol. The molecule has 3 aliphatic rings. The van der Waals surface area contributed by atoms with Crippen molar-refractivity contribution in [2.45, 2.75) is 19.5 Å². The normalized spacial score (nSPS) is 17.1. The first kappa shape index (κ1) is 19.6. The van der Waals surface area contributed by atoms with Crippen LogP contribution in [-0.4, -0.2) is 35.0 Å². The molecule has 164 valence electrons. The van der Waals surface area contributed by atoms with Gasteiger partial charge in [-0.25, -0.2) is 0 Å². The van der Waals surface area contributed by atoms with E-state index in [1.54, 1.807) is 0 Å². The van der Waals surface area contributed by atoms with Crippen LogP contribution in [0.3, 0.4) is 0 Å². The molecule has 0 aromatic heterocycles. The predicted molar refractivity (Wildman–Crippen MR) is 122 cm³/mol. The first-order valence-electron chi connectivity index (χ1n) is 11.1. The molecule has 2 amide bonds. The minimum absolute atomic E-state index is 0.179. The molecule has 0 unspecified atom stereocenters. The van der Waals surface area contributed by atoms with Crippen LogP contribution >= 0.6 is 0 Å². The van der Waals surface area contributed by atoms with Gasteiger partial charge in [-0.15, -0.1) is 0 Å². The summed E-state index contributed by atoms with van der Waals surface area (Å²) >= 11 is 0. The highest BCUT2D eigenvalue weighted by molar-refractivity contribution is 6.35. The lowest BCUT2D eigenvalue weighted by Crippen LogP contribution is -2.37. The summed E-state index contributed by atoms with van der Waals surface area (Å²) in [5, 5.41) is 0. The SMILES string of the molecule is O=C1C(c2ccccc2)=C(N2CCc3ccccc3C2)C(=O)N1Cc1ccc2c(c1)OCO2. The summed E-state index contributed by atoms with van der Waals surface area (Å²) in [6, 6.07) is 23.3. The predicted octanol–water partition coefficient (Wildman–Crippen LogP) is 3.75. The highest BCUT2D eigenvalue weighted by Gasteiger charge is 2.42. The quantitative estimate of drug-likeness (QED) is 0.581. The molecule has 6 rings (SSSR count). The smallest absolute Gasteiger partial charge is 0.278 e. The van der Waals surface area contributed by atoms with E-state index >= 15 is 0 Å². The van der Waals surface area contributed by atoms with Crippen LogP contribution in [0.25, 0.3) is 5.57 Å². The Morgan fingerprint density at radius 3 is 2.39 bits per heavy atom. The van der Waals surface area contributed by atoms with Crippen molar-refractivity contribution >= 4 is 17.4 Å². The second-order valence-electron chi connectivity index (χ2n) is 8.41. The zero-order valence-electron chi connectivity index (χ0n) is 18.0. The van der Waals surface area contributed by atoms with Crippen molar-refractivity contribution < 1.29 is 19.1 Å². The van der Waals surface area contributed by atoms with Gasteiger partial charge in [0.05, 0.1) is 12.1 Å². The fraction of sp³-hybridized carbons (Fsp3) is 0.185. The van der Waals surface area contributed by atoms with Gasteiger partial charge < -0.3 is 14.4 Å². The minimum atomic E-state index is -0.266. The van der Waals surface area contributed by atoms with E-state index in [4.69, 9.17) is 9.47 Å². The van der Waals surface area contributed by atoms with Crippen molar-refractivity contribution in [3.05, 3.63) is 101 Å². The molecule has 33 heavy (non-hydrogen) atoms. The van der Waals surface area contributed by atoms with Crippen molar-refractivity contribution in [2.75, 3.05) is 13.3 Å². The van der Waals surface area contributed by atoms with Crippen LogP contribution in [0, 0.1) is 0 Å². The summed E-state index contributed by atoms with van der Waals surface area (Å²) < 4.78 is 10.8. The molecule has 0 spiro atoms. The number of rotatable bonds is 4. The first-order chi connectivity index (χ1) is 16.2. The summed E-state index contributed by atoms with van der Waals surface area (Å²) in [7, 11) is 0. The fourth-order valence-electron chi connectivity index (χ4n) is 4.77. The van der Waals surface area contributed by atoms with E-state index in [0.29, 0.717) is 35.9 Å². The molecule has 0 saturated heterocycles. The van der Waals surface area contributed by atoms with Crippen LogP contribution < -0.4 is 9.47 Å². The third kappa shape index (κ3) is 3.35. The van der Waals surface area contributed by atoms with E-state index in [-0.39, 0.29) is 25.2 Å². The standard InChI is InChI=1S/C27H22N2O4/c30-26-24(20-7-2-1-3-8-20)25(28-13-12-19-6-4-5-9-21(19)16-28)27(31)29(26)15-18-10-11-22-23(14-18)33-17-32-22/h1-11,14H,12-13,15-17H2. The van der Waals surface area contributed by atoms with E-state index in [1.807, 2.05) is 60.7 Å². The van der Waals surface area contributed by atoms with Gasteiger partial charge in [0.25, 0.3) is 11.8 Å². The number of nitrogens with zero attached hydrogens (tertiary/aromatic N) is 2. The summed E-state index contributed by atoms with van der Waals surface area (Å²) in [5.74, 6) is 0.790. The van der Waals surface area contributed by atoms with E-state index in [1.165, 1.54) is 16.0 Å². The second-order valence-corrected chi connectivity index (χ2v) is 8.41. The molecule has 3 aliphatic heterocycles. The van der Waals surface area contributed by atoms with E-state index < -0.39 is 0 Å². The first-order valence-corrected chi connectivity index (χ1v) is 11.1. The van der Waals surface area contributed by atoms with Gasteiger partial charge in [-0.05, 0) is 40.8 Å². The highest BCUT2D eigenvalue weighted by Crippen LogP contribution is 2.37. The molecule has 3 heterocycles. The van der Waals surface area contributed by atoms with Gasteiger partial charge in [0.2, 0.25) is 6.79 Å². The lowest BCUT2D eigenvalue weighted by Gasteiger charge is -2.31. The summed E-state index contributed by atoms with van der Waals surface area (Å²) in [6.07, 6.45) is 0.839. The van der Waals surface area contributed by atoms with E-state index in [2.05, 4.69) is 17.0 Å². The lowest BCUT2D eigenvalue weighted by molar-refractivity contribution is -0.138. The molecule has 0 N–H and O–H groups in total. The molecule has 0 radical (unpaired) electrons. The second kappa shape index (κ2) is 7.81. The summed E-state index contributed by atoms with van der Waals surface area (Å²) in [4.78, 5) is 30.7. The van der Waals surface area contributed by atoms with E-state index in [0.717, 1.165) is 17.5 Å². The van der Waals surface area contributed by atoms with Crippen LogP contribution in [0.5, 0.6) is 11.5 Å². The molecule has 0 atom stereocenters. The molecule has 0 aliphatic carbocycles. The number of benzene rings is 3. The molecule has 0 saturated carbocycles. The van der Waals surface area contributed by atoms with Gasteiger partial charge in [-0.3, -0.25) is 14.5 Å².